The van der Waals surface area contributed by atoms with Gasteiger partial charge in [0.1, 0.15) is 0 Å². The first-order valence-corrected chi connectivity index (χ1v) is 6.81. The van der Waals surface area contributed by atoms with Crippen molar-refractivity contribution < 1.29 is 19.7 Å². The Kier molecular flexibility index (Phi) is 11.6. The van der Waals surface area contributed by atoms with Gasteiger partial charge in [-0.1, -0.05) is 45.4 Å². The van der Waals surface area contributed by atoms with Crippen LogP contribution in [0.4, 0.5) is 0 Å². The van der Waals surface area contributed by atoms with E-state index in [1.165, 1.54) is 32.1 Å². The average molecular weight is 259 g/mol. The number of carbonyl (C=O) groups is 2. The van der Waals surface area contributed by atoms with Crippen LogP contribution in [0, 0.1) is 0 Å². The van der Waals surface area contributed by atoms with E-state index in [9.17, 15) is 9.59 Å². The van der Waals surface area contributed by atoms with Gasteiger partial charge in [-0.3, -0.25) is 4.79 Å². The van der Waals surface area contributed by atoms with Crippen LogP contribution in [0.25, 0.3) is 0 Å². The molecule has 106 valence electrons. The van der Waals surface area contributed by atoms with E-state index < -0.39 is 5.97 Å². The standard InChI is InChI=1S/C13H25NO4/c1-2-3-4-5-6-7-8-11-14-12(15)9-10-13(16)18-17/h17H,2-11H2,1H3,(H,14,15). The molecule has 18 heavy (non-hydrogen) atoms. The van der Waals surface area contributed by atoms with Crippen molar-refractivity contribution in [2.45, 2.75) is 64.7 Å². The Labute approximate surface area is 109 Å². The van der Waals surface area contributed by atoms with E-state index >= 15 is 0 Å². The number of nitrogens with one attached hydrogen (secondary N) is 1. The number of amides is 1. The van der Waals surface area contributed by atoms with E-state index in [-0.39, 0.29) is 18.7 Å². The molecule has 0 fully saturated rings. The van der Waals surface area contributed by atoms with E-state index in [4.69, 9.17) is 5.26 Å². The smallest absolute Gasteiger partial charge is 0.342 e. The highest BCUT2D eigenvalue weighted by Crippen LogP contribution is 2.06. The van der Waals surface area contributed by atoms with Crippen molar-refractivity contribution in [1.82, 2.24) is 5.32 Å². The van der Waals surface area contributed by atoms with E-state index in [0.29, 0.717) is 6.54 Å². The van der Waals surface area contributed by atoms with Gasteiger partial charge in [0.25, 0.3) is 0 Å². The second-order valence-electron chi connectivity index (χ2n) is 4.43. The van der Waals surface area contributed by atoms with Gasteiger partial charge in [0.2, 0.25) is 5.91 Å². The second kappa shape index (κ2) is 12.4. The lowest BCUT2D eigenvalue weighted by atomic mass is 10.1. The lowest BCUT2D eigenvalue weighted by molar-refractivity contribution is -0.234. The van der Waals surface area contributed by atoms with Crippen LogP contribution in [-0.2, 0) is 14.5 Å². The van der Waals surface area contributed by atoms with Gasteiger partial charge in [0.15, 0.2) is 0 Å². The largest absolute Gasteiger partial charge is 0.356 e. The molecule has 0 bridgehead atoms. The molecule has 0 spiro atoms. The predicted octanol–water partition coefficient (Wildman–Crippen LogP) is 2.65. The SMILES string of the molecule is CCCCCCCCCNC(=O)CCC(=O)OO. The fourth-order valence-corrected chi connectivity index (χ4v) is 1.66. The molecule has 5 nitrogen and oxygen atoms in total. The summed E-state index contributed by atoms with van der Waals surface area (Å²) >= 11 is 0. The summed E-state index contributed by atoms with van der Waals surface area (Å²) in [6.07, 6.45) is 8.42. The van der Waals surface area contributed by atoms with Crippen molar-refractivity contribution in [2.75, 3.05) is 6.54 Å². The van der Waals surface area contributed by atoms with Crippen molar-refractivity contribution in [1.29, 1.82) is 0 Å². The first-order valence-electron chi connectivity index (χ1n) is 6.81. The van der Waals surface area contributed by atoms with Crippen molar-refractivity contribution >= 4 is 11.9 Å². The van der Waals surface area contributed by atoms with E-state index in [0.717, 1.165) is 12.8 Å². The molecule has 0 radical (unpaired) electrons. The van der Waals surface area contributed by atoms with Gasteiger partial charge in [-0.15, -0.1) is 0 Å². The van der Waals surface area contributed by atoms with Gasteiger partial charge in [-0.05, 0) is 6.42 Å². The first-order chi connectivity index (χ1) is 8.70. The molecule has 0 saturated heterocycles. The highest BCUT2D eigenvalue weighted by atomic mass is 17.1. The minimum atomic E-state index is -0.777. The number of hydrogen-bond donors (Lipinski definition) is 2. The number of unbranched alkanes of at least 4 members (excludes halogenated alkanes) is 6. The van der Waals surface area contributed by atoms with Gasteiger partial charge in [0.05, 0.1) is 6.42 Å². The second-order valence-corrected chi connectivity index (χ2v) is 4.43. The summed E-state index contributed by atoms with van der Waals surface area (Å²) in [7, 11) is 0. The van der Waals surface area contributed by atoms with Crippen LogP contribution in [0.5, 0.6) is 0 Å². The van der Waals surface area contributed by atoms with Gasteiger partial charge in [-0.25, -0.2) is 4.79 Å². The van der Waals surface area contributed by atoms with Gasteiger partial charge in [-0.2, -0.15) is 5.26 Å². The Bertz CT molecular complexity index is 231. The lowest BCUT2D eigenvalue weighted by Gasteiger charge is -2.04. The summed E-state index contributed by atoms with van der Waals surface area (Å²) in [6, 6.07) is 0. The van der Waals surface area contributed by atoms with E-state index in [1.54, 1.807) is 0 Å². The summed E-state index contributed by atoms with van der Waals surface area (Å²) in [6.45, 7) is 2.85. The first kappa shape index (κ1) is 16.9. The Morgan fingerprint density at radius 3 is 2.22 bits per heavy atom. The van der Waals surface area contributed by atoms with E-state index in [1.807, 2.05) is 0 Å². The molecule has 0 atom stereocenters. The Morgan fingerprint density at radius 1 is 1.00 bits per heavy atom. The molecule has 0 unspecified atom stereocenters. The molecule has 2 N–H and O–H groups in total. The van der Waals surface area contributed by atoms with Crippen LogP contribution in [0.2, 0.25) is 0 Å². The van der Waals surface area contributed by atoms with Crippen molar-refractivity contribution in [3.8, 4) is 0 Å². The van der Waals surface area contributed by atoms with Crippen LogP contribution >= 0.6 is 0 Å². The van der Waals surface area contributed by atoms with Crippen LogP contribution < -0.4 is 5.32 Å². The molecule has 1 amide bonds. The molecule has 0 aliphatic carbocycles. The van der Waals surface area contributed by atoms with Crippen LogP contribution in [0.1, 0.15) is 64.7 Å². The summed E-state index contributed by atoms with van der Waals surface area (Å²) in [4.78, 5) is 25.3. The monoisotopic (exact) mass is 259 g/mol. The molecule has 0 rings (SSSR count). The third-order valence-corrected chi connectivity index (χ3v) is 2.76. The molecule has 0 aromatic carbocycles. The zero-order valence-electron chi connectivity index (χ0n) is 11.2. The van der Waals surface area contributed by atoms with Crippen molar-refractivity contribution in [3.05, 3.63) is 0 Å². The van der Waals surface area contributed by atoms with Crippen LogP contribution in [-0.4, -0.2) is 23.7 Å². The quantitative estimate of drug-likeness (QED) is 0.340. The third-order valence-electron chi connectivity index (χ3n) is 2.76. The molecule has 5 heteroatoms. The van der Waals surface area contributed by atoms with Gasteiger partial charge < -0.3 is 10.2 Å². The Morgan fingerprint density at radius 2 is 1.61 bits per heavy atom. The molecule has 0 saturated carbocycles. The normalized spacial score (nSPS) is 10.1. The zero-order chi connectivity index (χ0) is 13.6. The Balaban J connectivity index is 3.22. The van der Waals surface area contributed by atoms with Crippen LogP contribution in [0.15, 0.2) is 0 Å². The van der Waals surface area contributed by atoms with Crippen molar-refractivity contribution in [2.24, 2.45) is 0 Å². The maximum Gasteiger partial charge on any atom is 0.342 e. The number of hydrogen-bond acceptors (Lipinski definition) is 4. The molecular formula is C13H25NO4. The fourth-order valence-electron chi connectivity index (χ4n) is 1.66. The molecule has 0 aromatic heterocycles. The summed E-state index contributed by atoms with van der Waals surface area (Å²) < 4.78 is 0. The van der Waals surface area contributed by atoms with Gasteiger partial charge in [0, 0.05) is 13.0 Å². The van der Waals surface area contributed by atoms with E-state index in [2.05, 4.69) is 17.1 Å². The third kappa shape index (κ3) is 11.4. The van der Waals surface area contributed by atoms with Crippen LogP contribution in [0.3, 0.4) is 0 Å². The maximum atomic E-state index is 11.2. The zero-order valence-corrected chi connectivity index (χ0v) is 11.2. The number of rotatable bonds is 11. The van der Waals surface area contributed by atoms with Crippen molar-refractivity contribution in [3.63, 3.8) is 0 Å². The summed E-state index contributed by atoms with van der Waals surface area (Å²) in [5.41, 5.74) is 0. The molecule has 0 aliphatic rings. The lowest BCUT2D eigenvalue weighted by Crippen LogP contribution is -2.24. The summed E-state index contributed by atoms with van der Waals surface area (Å²) in [5, 5.41) is 10.7. The molecule has 0 heterocycles. The fraction of sp³-hybridized carbons (Fsp3) is 0.846. The Hall–Kier alpha value is -1.10. The molecular weight excluding hydrogens is 234 g/mol. The molecule has 0 aromatic rings. The highest BCUT2D eigenvalue weighted by Gasteiger charge is 2.06. The minimum Gasteiger partial charge on any atom is -0.356 e. The highest BCUT2D eigenvalue weighted by molar-refractivity contribution is 5.80. The summed E-state index contributed by atoms with van der Waals surface area (Å²) in [5.74, 6) is -0.951. The number of carbonyl (C=O) groups excluding carboxylic acids is 2. The average Bonchev–Trinajstić information content (AvgIpc) is 2.39. The topological polar surface area (TPSA) is 75.6 Å². The minimum absolute atomic E-state index is 0.0654. The van der Waals surface area contributed by atoms with Gasteiger partial charge >= 0.3 is 5.97 Å². The maximum absolute atomic E-state index is 11.2. The predicted molar refractivity (Wildman–Crippen MR) is 69.0 cm³/mol. The molecule has 0 aliphatic heterocycles.